The number of nitrogens with one attached hydrogen (secondary N) is 1. The van der Waals surface area contributed by atoms with E-state index in [2.05, 4.69) is 21.9 Å². The molecule has 0 amide bonds. The minimum absolute atomic E-state index is 0.0430. The second kappa shape index (κ2) is 7.56. The van der Waals surface area contributed by atoms with Crippen LogP contribution in [0, 0.1) is 0 Å². The van der Waals surface area contributed by atoms with Crippen LogP contribution in [0.4, 0.5) is 5.13 Å². The van der Waals surface area contributed by atoms with Crippen molar-refractivity contribution in [2.75, 3.05) is 11.9 Å². The lowest BCUT2D eigenvalue weighted by Crippen LogP contribution is -2.06. The van der Waals surface area contributed by atoms with Crippen LogP contribution in [0.25, 0.3) is 11.3 Å². The Morgan fingerprint density at radius 2 is 2.21 bits per heavy atom. The van der Waals surface area contributed by atoms with E-state index in [0.717, 1.165) is 5.56 Å². The maximum absolute atomic E-state index is 12.0. The van der Waals surface area contributed by atoms with Crippen LogP contribution in [-0.2, 0) is 11.3 Å². The Kier molecular flexibility index (Phi) is 5.02. The SMILES string of the molecule is C=CCNc1nc(C(=O)OCc2ncc(-c3ccccc3)o2)cs1. The van der Waals surface area contributed by atoms with E-state index < -0.39 is 5.97 Å². The maximum Gasteiger partial charge on any atom is 0.358 e. The molecule has 7 heteroatoms. The first-order valence-corrected chi connectivity index (χ1v) is 8.12. The molecule has 0 aliphatic rings. The minimum atomic E-state index is -0.516. The van der Waals surface area contributed by atoms with Gasteiger partial charge in [0.15, 0.2) is 23.2 Å². The van der Waals surface area contributed by atoms with E-state index in [1.165, 1.54) is 11.3 Å². The Hall–Kier alpha value is -2.93. The van der Waals surface area contributed by atoms with E-state index in [1.807, 2.05) is 30.3 Å². The average molecular weight is 341 g/mol. The van der Waals surface area contributed by atoms with Gasteiger partial charge in [0.05, 0.1) is 6.20 Å². The molecule has 6 nitrogen and oxygen atoms in total. The van der Waals surface area contributed by atoms with Gasteiger partial charge in [-0.3, -0.25) is 0 Å². The third-order valence-electron chi connectivity index (χ3n) is 3.05. The van der Waals surface area contributed by atoms with Gasteiger partial charge < -0.3 is 14.5 Å². The zero-order valence-corrected chi connectivity index (χ0v) is 13.6. The molecule has 0 saturated carbocycles. The molecule has 2 heterocycles. The fourth-order valence-electron chi connectivity index (χ4n) is 1.92. The topological polar surface area (TPSA) is 77.2 Å². The summed E-state index contributed by atoms with van der Waals surface area (Å²) >= 11 is 1.33. The second-order valence-corrected chi connectivity index (χ2v) is 5.63. The van der Waals surface area contributed by atoms with E-state index in [4.69, 9.17) is 9.15 Å². The van der Waals surface area contributed by atoms with Crippen molar-refractivity contribution in [1.82, 2.24) is 9.97 Å². The molecule has 1 N–H and O–H groups in total. The van der Waals surface area contributed by atoms with Crippen molar-refractivity contribution in [3.05, 3.63) is 66.1 Å². The van der Waals surface area contributed by atoms with Gasteiger partial charge in [-0.25, -0.2) is 14.8 Å². The number of carbonyl (C=O) groups excluding carboxylic acids is 1. The van der Waals surface area contributed by atoms with Gasteiger partial charge in [-0.05, 0) is 0 Å². The molecule has 0 bridgehead atoms. The summed E-state index contributed by atoms with van der Waals surface area (Å²) in [4.78, 5) is 20.3. The summed E-state index contributed by atoms with van der Waals surface area (Å²) in [6, 6.07) is 9.59. The Bertz CT molecular complexity index is 826. The quantitative estimate of drug-likeness (QED) is 0.521. The molecule has 0 aliphatic heterocycles. The lowest BCUT2D eigenvalue weighted by atomic mass is 10.2. The molecule has 0 radical (unpaired) electrons. The Morgan fingerprint density at radius 3 is 3.00 bits per heavy atom. The zero-order valence-electron chi connectivity index (χ0n) is 12.8. The first kappa shape index (κ1) is 15.9. The fourth-order valence-corrected chi connectivity index (χ4v) is 2.61. The van der Waals surface area contributed by atoms with Crippen LogP contribution < -0.4 is 5.32 Å². The largest absolute Gasteiger partial charge is 0.451 e. The molecule has 122 valence electrons. The molecule has 1 aromatic carbocycles. The number of aromatic nitrogens is 2. The van der Waals surface area contributed by atoms with Crippen LogP contribution in [0.5, 0.6) is 0 Å². The highest BCUT2D eigenvalue weighted by atomic mass is 32.1. The lowest BCUT2D eigenvalue weighted by Gasteiger charge is -1.99. The van der Waals surface area contributed by atoms with Crippen LogP contribution in [0.15, 0.2) is 59.0 Å². The van der Waals surface area contributed by atoms with Crippen molar-refractivity contribution in [1.29, 1.82) is 0 Å². The van der Waals surface area contributed by atoms with Gasteiger partial charge in [0.25, 0.3) is 0 Å². The molecular formula is C17H15N3O3S. The Morgan fingerprint density at radius 1 is 1.38 bits per heavy atom. The Labute approximate surface area is 142 Å². The fraction of sp³-hybridized carbons (Fsp3) is 0.118. The number of hydrogen-bond donors (Lipinski definition) is 1. The van der Waals surface area contributed by atoms with E-state index >= 15 is 0 Å². The number of esters is 1. The molecule has 3 aromatic rings. The van der Waals surface area contributed by atoms with Crippen LogP contribution in [0.1, 0.15) is 16.4 Å². The van der Waals surface area contributed by atoms with Gasteiger partial charge in [0.1, 0.15) is 0 Å². The van der Waals surface area contributed by atoms with Crippen LogP contribution in [0.2, 0.25) is 0 Å². The molecule has 0 unspecified atom stereocenters. The molecule has 0 aliphatic carbocycles. The number of thiazole rings is 1. The van der Waals surface area contributed by atoms with E-state index in [0.29, 0.717) is 23.3 Å². The highest BCUT2D eigenvalue weighted by molar-refractivity contribution is 7.13. The molecule has 0 spiro atoms. The van der Waals surface area contributed by atoms with Crippen LogP contribution >= 0.6 is 11.3 Å². The van der Waals surface area contributed by atoms with Gasteiger partial charge in [0, 0.05) is 17.5 Å². The standard InChI is InChI=1S/C17H15N3O3S/c1-2-8-18-17-20-13(11-24-17)16(21)22-10-15-19-9-14(23-15)12-6-4-3-5-7-12/h2-7,9,11H,1,8,10H2,(H,18,20). The van der Waals surface area contributed by atoms with E-state index in [1.54, 1.807) is 17.7 Å². The first-order chi connectivity index (χ1) is 11.8. The summed E-state index contributed by atoms with van der Waals surface area (Å²) in [5.74, 6) is 0.450. The minimum Gasteiger partial charge on any atom is -0.451 e. The van der Waals surface area contributed by atoms with Crippen molar-refractivity contribution in [2.24, 2.45) is 0 Å². The van der Waals surface area contributed by atoms with Gasteiger partial charge in [-0.15, -0.1) is 17.9 Å². The molecule has 0 atom stereocenters. The van der Waals surface area contributed by atoms with Crippen LogP contribution in [-0.4, -0.2) is 22.5 Å². The van der Waals surface area contributed by atoms with Crippen molar-refractivity contribution < 1.29 is 13.9 Å². The number of carbonyl (C=O) groups is 1. The Balaban J connectivity index is 1.57. The molecule has 2 aromatic heterocycles. The highest BCUT2D eigenvalue weighted by Crippen LogP contribution is 2.20. The number of oxazole rings is 1. The second-order valence-electron chi connectivity index (χ2n) is 4.77. The summed E-state index contributed by atoms with van der Waals surface area (Å²) in [6.45, 7) is 4.15. The number of hydrogen-bond acceptors (Lipinski definition) is 7. The van der Waals surface area contributed by atoms with Crippen molar-refractivity contribution in [3.63, 3.8) is 0 Å². The molecule has 0 fully saturated rings. The first-order valence-electron chi connectivity index (χ1n) is 7.24. The van der Waals surface area contributed by atoms with Crippen molar-refractivity contribution in [2.45, 2.75) is 6.61 Å². The third-order valence-corrected chi connectivity index (χ3v) is 3.85. The van der Waals surface area contributed by atoms with Gasteiger partial charge in [-0.2, -0.15) is 0 Å². The van der Waals surface area contributed by atoms with E-state index in [9.17, 15) is 4.79 Å². The smallest absolute Gasteiger partial charge is 0.358 e. The lowest BCUT2D eigenvalue weighted by molar-refractivity contribution is 0.0433. The predicted octanol–water partition coefficient (Wildman–Crippen LogP) is 3.75. The summed E-state index contributed by atoms with van der Waals surface area (Å²) in [5.41, 5.74) is 1.17. The van der Waals surface area contributed by atoms with Gasteiger partial charge >= 0.3 is 5.97 Å². The summed E-state index contributed by atoms with van der Waals surface area (Å²) in [5, 5.41) is 5.30. The molecular weight excluding hydrogens is 326 g/mol. The number of ether oxygens (including phenoxy) is 1. The summed E-state index contributed by atoms with van der Waals surface area (Å²) in [6.07, 6.45) is 3.32. The number of benzene rings is 1. The predicted molar refractivity (Wildman–Crippen MR) is 91.9 cm³/mol. The zero-order chi connectivity index (χ0) is 16.8. The molecule has 0 saturated heterocycles. The summed E-state index contributed by atoms with van der Waals surface area (Å²) in [7, 11) is 0. The third kappa shape index (κ3) is 3.88. The van der Waals surface area contributed by atoms with Gasteiger partial charge in [0.2, 0.25) is 5.89 Å². The number of anilines is 1. The molecule has 24 heavy (non-hydrogen) atoms. The maximum atomic E-state index is 12.0. The molecule has 3 rings (SSSR count). The summed E-state index contributed by atoms with van der Waals surface area (Å²) < 4.78 is 10.8. The van der Waals surface area contributed by atoms with E-state index in [-0.39, 0.29) is 12.3 Å². The normalized spacial score (nSPS) is 10.3. The average Bonchev–Trinajstić information content (AvgIpc) is 3.28. The van der Waals surface area contributed by atoms with Crippen molar-refractivity contribution in [3.8, 4) is 11.3 Å². The van der Waals surface area contributed by atoms with Crippen molar-refractivity contribution >= 4 is 22.4 Å². The van der Waals surface area contributed by atoms with Crippen LogP contribution in [0.3, 0.4) is 0 Å². The highest BCUT2D eigenvalue weighted by Gasteiger charge is 2.14. The monoisotopic (exact) mass is 341 g/mol. The number of nitrogens with zero attached hydrogens (tertiary/aromatic N) is 2. The van der Waals surface area contributed by atoms with Gasteiger partial charge in [-0.1, -0.05) is 36.4 Å². The number of rotatable bonds is 7.